The van der Waals surface area contributed by atoms with Crippen LogP contribution in [0, 0.1) is 0 Å². The molecule has 0 aliphatic rings. The molecule has 17 heavy (non-hydrogen) atoms. The fourth-order valence-electron chi connectivity index (χ4n) is 1.50. The number of ether oxygens (including phenoxy) is 1. The molecule has 0 saturated heterocycles. The van der Waals surface area contributed by atoms with Crippen molar-refractivity contribution in [2.45, 2.75) is 0 Å². The molecule has 2 rings (SSSR count). The second kappa shape index (κ2) is 4.77. The number of methoxy groups -OCH3 is 1. The zero-order valence-corrected chi connectivity index (χ0v) is 10.6. The molecular formula is C12H10ClNO2S. The highest BCUT2D eigenvalue weighted by Crippen LogP contribution is 2.35. The minimum absolute atomic E-state index is 0.417. The van der Waals surface area contributed by atoms with E-state index in [0.29, 0.717) is 16.3 Å². The number of hydrogen-bond acceptors (Lipinski definition) is 4. The molecule has 2 aromatic rings. The highest BCUT2D eigenvalue weighted by atomic mass is 35.5. The number of nitrogen functional groups attached to an aromatic ring is 1. The number of nitrogens with two attached hydrogens (primary N) is 1. The smallest absolute Gasteiger partial charge is 0.341 e. The van der Waals surface area contributed by atoms with Crippen LogP contribution in [0.4, 0.5) is 5.69 Å². The van der Waals surface area contributed by atoms with E-state index in [1.807, 2.05) is 12.1 Å². The van der Waals surface area contributed by atoms with Crippen LogP contribution in [0.5, 0.6) is 0 Å². The Hall–Kier alpha value is -1.52. The maximum atomic E-state index is 11.6. The Labute approximate surface area is 108 Å². The van der Waals surface area contributed by atoms with E-state index >= 15 is 0 Å². The summed E-state index contributed by atoms with van der Waals surface area (Å²) >= 11 is 7.23. The van der Waals surface area contributed by atoms with Gasteiger partial charge < -0.3 is 10.5 Å². The average molecular weight is 268 g/mol. The summed E-state index contributed by atoms with van der Waals surface area (Å²) in [7, 11) is 1.34. The molecule has 0 fully saturated rings. The van der Waals surface area contributed by atoms with Crippen molar-refractivity contribution in [1.29, 1.82) is 0 Å². The van der Waals surface area contributed by atoms with Gasteiger partial charge in [0.25, 0.3) is 0 Å². The molecule has 0 radical (unpaired) electrons. The van der Waals surface area contributed by atoms with Crippen molar-refractivity contribution in [3.8, 4) is 10.4 Å². The number of carbonyl (C=O) groups excluding carboxylic acids is 1. The van der Waals surface area contributed by atoms with Crippen LogP contribution >= 0.6 is 22.9 Å². The summed E-state index contributed by atoms with van der Waals surface area (Å²) < 4.78 is 4.72. The number of rotatable bonds is 2. The SMILES string of the molecule is COC(=O)c1c(N)csc1-c1ccc(Cl)cc1. The van der Waals surface area contributed by atoms with Gasteiger partial charge in [0, 0.05) is 10.4 Å². The van der Waals surface area contributed by atoms with Gasteiger partial charge in [-0.25, -0.2) is 4.79 Å². The van der Waals surface area contributed by atoms with Crippen molar-refractivity contribution in [3.05, 3.63) is 40.2 Å². The van der Waals surface area contributed by atoms with Gasteiger partial charge in [-0.05, 0) is 17.7 Å². The zero-order valence-electron chi connectivity index (χ0n) is 9.07. The van der Waals surface area contributed by atoms with E-state index in [-0.39, 0.29) is 0 Å². The molecule has 2 N–H and O–H groups in total. The number of esters is 1. The van der Waals surface area contributed by atoms with Crippen LogP contribution in [0.1, 0.15) is 10.4 Å². The Bertz CT molecular complexity index is 548. The third kappa shape index (κ3) is 2.28. The van der Waals surface area contributed by atoms with E-state index < -0.39 is 5.97 Å². The molecule has 1 heterocycles. The molecule has 0 aliphatic carbocycles. The molecule has 0 aliphatic heterocycles. The monoisotopic (exact) mass is 267 g/mol. The first-order valence-corrected chi connectivity index (χ1v) is 6.10. The van der Waals surface area contributed by atoms with E-state index in [1.54, 1.807) is 17.5 Å². The van der Waals surface area contributed by atoms with Gasteiger partial charge >= 0.3 is 5.97 Å². The lowest BCUT2D eigenvalue weighted by Gasteiger charge is -2.03. The molecule has 5 heteroatoms. The normalized spacial score (nSPS) is 10.2. The Kier molecular flexibility index (Phi) is 3.36. The van der Waals surface area contributed by atoms with Crippen molar-refractivity contribution < 1.29 is 9.53 Å². The molecule has 1 aromatic carbocycles. The lowest BCUT2D eigenvalue weighted by molar-refractivity contribution is 0.0603. The standard InChI is InChI=1S/C12H10ClNO2S/c1-16-12(15)10-9(14)6-17-11(10)7-2-4-8(13)5-3-7/h2-6H,14H2,1H3. The maximum absolute atomic E-state index is 11.6. The minimum Gasteiger partial charge on any atom is -0.465 e. The summed E-state index contributed by atoms with van der Waals surface area (Å²) in [6.45, 7) is 0. The number of hydrogen-bond donors (Lipinski definition) is 1. The fraction of sp³-hybridized carbons (Fsp3) is 0.0833. The van der Waals surface area contributed by atoms with E-state index in [2.05, 4.69) is 0 Å². The van der Waals surface area contributed by atoms with E-state index in [9.17, 15) is 4.79 Å². The number of halogens is 1. The van der Waals surface area contributed by atoms with Crippen molar-refractivity contribution in [1.82, 2.24) is 0 Å². The van der Waals surface area contributed by atoms with Crippen LogP contribution in [0.3, 0.4) is 0 Å². The topological polar surface area (TPSA) is 52.3 Å². The molecule has 0 bridgehead atoms. The van der Waals surface area contributed by atoms with Gasteiger partial charge in [-0.1, -0.05) is 23.7 Å². The third-order valence-electron chi connectivity index (χ3n) is 2.32. The highest BCUT2D eigenvalue weighted by Gasteiger charge is 2.18. The first kappa shape index (κ1) is 12.0. The van der Waals surface area contributed by atoms with Crippen LogP contribution in [-0.2, 0) is 4.74 Å². The van der Waals surface area contributed by atoms with Crippen molar-refractivity contribution >= 4 is 34.6 Å². The molecule has 3 nitrogen and oxygen atoms in total. The molecule has 0 saturated carbocycles. The lowest BCUT2D eigenvalue weighted by atomic mass is 10.1. The van der Waals surface area contributed by atoms with E-state index in [4.69, 9.17) is 22.1 Å². The molecule has 0 unspecified atom stereocenters. The van der Waals surface area contributed by atoms with Crippen LogP contribution in [0.25, 0.3) is 10.4 Å². The van der Waals surface area contributed by atoms with Gasteiger partial charge in [0.15, 0.2) is 0 Å². The first-order valence-electron chi connectivity index (χ1n) is 4.84. The molecule has 88 valence electrons. The predicted octanol–water partition coefficient (Wildman–Crippen LogP) is 3.44. The zero-order chi connectivity index (χ0) is 12.4. The number of anilines is 1. The molecule has 0 atom stereocenters. The fourth-order valence-corrected chi connectivity index (χ4v) is 2.58. The summed E-state index contributed by atoms with van der Waals surface area (Å²) in [4.78, 5) is 12.4. The Morgan fingerprint density at radius 3 is 2.59 bits per heavy atom. The first-order chi connectivity index (χ1) is 8.13. The van der Waals surface area contributed by atoms with Crippen LogP contribution < -0.4 is 5.73 Å². The van der Waals surface area contributed by atoms with Gasteiger partial charge in [-0.3, -0.25) is 0 Å². The van der Waals surface area contributed by atoms with Gasteiger partial charge in [-0.2, -0.15) is 0 Å². The van der Waals surface area contributed by atoms with E-state index in [0.717, 1.165) is 10.4 Å². The third-order valence-corrected chi connectivity index (χ3v) is 3.61. The van der Waals surface area contributed by atoms with Gasteiger partial charge in [0.2, 0.25) is 0 Å². The lowest BCUT2D eigenvalue weighted by Crippen LogP contribution is -2.04. The van der Waals surface area contributed by atoms with Crippen LogP contribution in [0.2, 0.25) is 5.02 Å². The molecular weight excluding hydrogens is 258 g/mol. The van der Waals surface area contributed by atoms with Gasteiger partial charge in [0.05, 0.1) is 17.7 Å². The van der Waals surface area contributed by atoms with Crippen molar-refractivity contribution in [3.63, 3.8) is 0 Å². The number of carbonyl (C=O) groups is 1. The van der Waals surface area contributed by atoms with Gasteiger partial charge in [-0.15, -0.1) is 11.3 Å². The highest BCUT2D eigenvalue weighted by molar-refractivity contribution is 7.14. The molecule has 1 aromatic heterocycles. The predicted molar refractivity (Wildman–Crippen MR) is 70.5 cm³/mol. The quantitative estimate of drug-likeness (QED) is 0.848. The molecule has 0 amide bonds. The summed E-state index contributed by atoms with van der Waals surface area (Å²) in [5.41, 5.74) is 7.52. The maximum Gasteiger partial charge on any atom is 0.341 e. The van der Waals surface area contributed by atoms with Crippen molar-refractivity contribution in [2.75, 3.05) is 12.8 Å². The second-order valence-electron chi connectivity index (χ2n) is 3.39. The summed E-state index contributed by atoms with van der Waals surface area (Å²) in [5, 5.41) is 2.38. The average Bonchev–Trinajstić information content (AvgIpc) is 2.71. The Balaban J connectivity index is 2.52. The number of benzene rings is 1. The largest absolute Gasteiger partial charge is 0.465 e. The molecule has 0 spiro atoms. The minimum atomic E-state index is -0.422. The second-order valence-corrected chi connectivity index (χ2v) is 4.71. The van der Waals surface area contributed by atoms with Crippen LogP contribution in [-0.4, -0.2) is 13.1 Å². The van der Waals surface area contributed by atoms with Crippen LogP contribution in [0.15, 0.2) is 29.6 Å². The summed E-state index contributed by atoms with van der Waals surface area (Å²) in [6.07, 6.45) is 0. The van der Waals surface area contributed by atoms with E-state index in [1.165, 1.54) is 18.4 Å². The number of thiophene rings is 1. The Morgan fingerprint density at radius 2 is 2.00 bits per heavy atom. The summed E-state index contributed by atoms with van der Waals surface area (Å²) in [5.74, 6) is -0.422. The Morgan fingerprint density at radius 1 is 1.35 bits per heavy atom. The van der Waals surface area contributed by atoms with Crippen molar-refractivity contribution in [2.24, 2.45) is 0 Å². The van der Waals surface area contributed by atoms with Gasteiger partial charge in [0.1, 0.15) is 5.56 Å². The summed E-state index contributed by atoms with van der Waals surface area (Å²) in [6, 6.07) is 7.24.